The molecular formula is C11H13BN2O2. The SMILES string of the molecule is Cc1cnn(Cc2ccccc2B(O)O)c1. The van der Waals surface area contributed by atoms with Crippen molar-refractivity contribution in [1.29, 1.82) is 0 Å². The molecule has 0 aliphatic rings. The largest absolute Gasteiger partial charge is 0.488 e. The van der Waals surface area contributed by atoms with Crippen LogP contribution in [-0.2, 0) is 6.54 Å². The van der Waals surface area contributed by atoms with Gasteiger partial charge in [-0.25, -0.2) is 0 Å². The Bertz CT molecular complexity index is 482. The van der Waals surface area contributed by atoms with Crippen molar-refractivity contribution in [3.05, 3.63) is 47.8 Å². The molecule has 0 saturated carbocycles. The van der Waals surface area contributed by atoms with Crippen LogP contribution in [-0.4, -0.2) is 26.9 Å². The molecule has 2 aromatic rings. The lowest BCUT2D eigenvalue weighted by Crippen LogP contribution is -2.33. The van der Waals surface area contributed by atoms with Crippen molar-refractivity contribution in [2.75, 3.05) is 0 Å². The molecule has 0 fully saturated rings. The maximum absolute atomic E-state index is 9.21. The van der Waals surface area contributed by atoms with E-state index in [1.54, 1.807) is 23.0 Å². The molecular weight excluding hydrogens is 203 g/mol. The quantitative estimate of drug-likeness (QED) is 0.705. The van der Waals surface area contributed by atoms with Crippen molar-refractivity contribution in [2.45, 2.75) is 13.5 Å². The van der Waals surface area contributed by atoms with Gasteiger partial charge in [0.05, 0.1) is 12.7 Å². The molecule has 16 heavy (non-hydrogen) atoms. The molecule has 1 heterocycles. The van der Waals surface area contributed by atoms with Gasteiger partial charge in [-0.15, -0.1) is 0 Å². The molecule has 0 unspecified atom stereocenters. The van der Waals surface area contributed by atoms with Crippen LogP contribution in [0.3, 0.4) is 0 Å². The summed E-state index contributed by atoms with van der Waals surface area (Å²) in [5.41, 5.74) is 2.47. The van der Waals surface area contributed by atoms with Crippen LogP contribution in [0.25, 0.3) is 0 Å². The van der Waals surface area contributed by atoms with Crippen molar-refractivity contribution < 1.29 is 10.0 Å². The fraction of sp³-hybridized carbons (Fsp3) is 0.182. The minimum Gasteiger partial charge on any atom is -0.423 e. The van der Waals surface area contributed by atoms with E-state index in [0.717, 1.165) is 11.1 Å². The lowest BCUT2D eigenvalue weighted by molar-refractivity contribution is 0.425. The summed E-state index contributed by atoms with van der Waals surface area (Å²) in [7, 11) is -1.44. The minimum atomic E-state index is -1.44. The normalized spacial score (nSPS) is 10.4. The second-order valence-corrected chi connectivity index (χ2v) is 3.79. The summed E-state index contributed by atoms with van der Waals surface area (Å²) in [6, 6.07) is 7.23. The molecule has 2 rings (SSSR count). The fourth-order valence-corrected chi connectivity index (χ4v) is 1.66. The second-order valence-electron chi connectivity index (χ2n) is 3.79. The minimum absolute atomic E-state index is 0.524. The average Bonchev–Trinajstić information content (AvgIpc) is 2.64. The highest BCUT2D eigenvalue weighted by molar-refractivity contribution is 6.59. The first-order chi connectivity index (χ1) is 7.66. The Morgan fingerprint density at radius 1 is 1.31 bits per heavy atom. The van der Waals surface area contributed by atoms with E-state index in [1.165, 1.54) is 0 Å². The van der Waals surface area contributed by atoms with E-state index < -0.39 is 7.12 Å². The summed E-state index contributed by atoms with van der Waals surface area (Å²) in [4.78, 5) is 0. The van der Waals surface area contributed by atoms with Crippen molar-refractivity contribution in [1.82, 2.24) is 9.78 Å². The van der Waals surface area contributed by atoms with Gasteiger partial charge in [-0.1, -0.05) is 24.3 Å². The third-order valence-corrected chi connectivity index (χ3v) is 2.43. The van der Waals surface area contributed by atoms with E-state index in [2.05, 4.69) is 5.10 Å². The number of hydrogen-bond donors (Lipinski definition) is 2. The third-order valence-electron chi connectivity index (χ3n) is 2.43. The van der Waals surface area contributed by atoms with Gasteiger partial charge in [-0.2, -0.15) is 5.10 Å². The highest BCUT2D eigenvalue weighted by Gasteiger charge is 2.15. The maximum atomic E-state index is 9.21. The monoisotopic (exact) mass is 216 g/mol. The van der Waals surface area contributed by atoms with Gasteiger partial charge in [0.1, 0.15) is 0 Å². The van der Waals surface area contributed by atoms with E-state index in [1.807, 2.05) is 25.3 Å². The van der Waals surface area contributed by atoms with Crippen LogP contribution >= 0.6 is 0 Å². The average molecular weight is 216 g/mol. The zero-order valence-corrected chi connectivity index (χ0v) is 9.04. The third kappa shape index (κ3) is 2.32. The molecule has 0 spiro atoms. The Morgan fingerprint density at radius 2 is 2.06 bits per heavy atom. The number of nitrogens with zero attached hydrogens (tertiary/aromatic N) is 2. The Balaban J connectivity index is 2.27. The van der Waals surface area contributed by atoms with Crippen LogP contribution in [0.4, 0.5) is 0 Å². The highest BCUT2D eigenvalue weighted by atomic mass is 16.4. The molecule has 0 atom stereocenters. The summed E-state index contributed by atoms with van der Waals surface area (Å²) in [5, 5.41) is 22.6. The Morgan fingerprint density at radius 3 is 2.69 bits per heavy atom. The van der Waals surface area contributed by atoms with Gasteiger partial charge in [-0.05, 0) is 23.5 Å². The first-order valence-corrected chi connectivity index (χ1v) is 5.10. The highest BCUT2D eigenvalue weighted by Crippen LogP contribution is 2.02. The summed E-state index contributed by atoms with van der Waals surface area (Å²) < 4.78 is 1.77. The van der Waals surface area contributed by atoms with Gasteiger partial charge in [-0.3, -0.25) is 4.68 Å². The smallest absolute Gasteiger partial charge is 0.423 e. The Kier molecular flexibility index (Phi) is 3.08. The van der Waals surface area contributed by atoms with Crippen molar-refractivity contribution in [3.8, 4) is 0 Å². The van der Waals surface area contributed by atoms with E-state index >= 15 is 0 Å². The van der Waals surface area contributed by atoms with E-state index in [-0.39, 0.29) is 0 Å². The molecule has 4 nitrogen and oxygen atoms in total. The van der Waals surface area contributed by atoms with Crippen LogP contribution in [0.5, 0.6) is 0 Å². The first kappa shape index (κ1) is 10.9. The number of hydrogen-bond acceptors (Lipinski definition) is 3. The van der Waals surface area contributed by atoms with Gasteiger partial charge >= 0.3 is 7.12 Å². The molecule has 82 valence electrons. The molecule has 1 aromatic heterocycles. The summed E-state index contributed by atoms with van der Waals surface area (Å²) >= 11 is 0. The van der Waals surface area contributed by atoms with Crippen LogP contribution in [0, 0.1) is 6.92 Å². The van der Waals surface area contributed by atoms with Crippen LogP contribution in [0.2, 0.25) is 0 Å². The maximum Gasteiger partial charge on any atom is 0.488 e. The molecule has 1 aromatic carbocycles. The fourth-order valence-electron chi connectivity index (χ4n) is 1.66. The van der Waals surface area contributed by atoms with E-state index in [9.17, 15) is 10.0 Å². The van der Waals surface area contributed by atoms with Crippen LogP contribution in [0.15, 0.2) is 36.7 Å². The number of aromatic nitrogens is 2. The number of aryl methyl sites for hydroxylation is 1. The lowest BCUT2D eigenvalue weighted by atomic mass is 9.77. The number of benzene rings is 1. The topological polar surface area (TPSA) is 58.3 Å². The van der Waals surface area contributed by atoms with Crippen LogP contribution in [0.1, 0.15) is 11.1 Å². The molecule has 0 amide bonds. The standard InChI is InChI=1S/C11H13BN2O2/c1-9-6-13-14(7-9)8-10-4-2-3-5-11(10)12(15)16/h2-7,15-16H,8H2,1H3. The van der Waals surface area contributed by atoms with E-state index in [0.29, 0.717) is 12.0 Å². The van der Waals surface area contributed by atoms with Crippen molar-refractivity contribution >= 4 is 12.6 Å². The van der Waals surface area contributed by atoms with Crippen molar-refractivity contribution in [3.63, 3.8) is 0 Å². The molecule has 0 aliphatic heterocycles. The van der Waals surface area contributed by atoms with Gasteiger partial charge in [0, 0.05) is 6.20 Å². The Hall–Kier alpha value is -1.59. The van der Waals surface area contributed by atoms with Crippen LogP contribution < -0.4 is 5.46 Å². The van der Waals surface area contributed by atoms with Crippen molar-refractivity contribution in [2.24, 2.45) is 0 Å². The van der Waals surface area contributed by atoms with Gasteiger partial charge < -0.3 is 10.0 Å². The number of rotatable bonds is 3. The summed E-state index contributed by atoms with van der Waals surface area (Å²) in [6.45, 7) is 2.51. The van der Waals surface area contributed by atoms with E-state index in [4.69, 9.17) is 0 Å². The van der Waals surface area contributed by atoms with Gasteiger partial charge in [0.2, 0.25) is 0 Å². The summed E-state index contributed by atoms with van der Waals surface area (Å²) in [6.07, 6.45) is 3.69. The Labute approximate surface area is 94.3 Å². The molecule has 0 aliphatic carbocycles. The predicted molar refractivity (Wildman–Crippen MR) is 62.3 cm³/mol. The lowest BCUT2D eigenvalue weighted by Gasteiger charge is -2.08. The van der Waals surface area contributed by atoms with Gasteiger partial charge in [0.25, 0.3) is 0 Å². The van der Waals surface area contributed by atoms with Gasteiger partial charge in [0.15, 0.2) is 0 Å². The molecule has 5 heteroatoms. The summed E-state index contributed by atoms with van der Waals surface area (Å²) in [5.74, 6) is 0. The zero-order chi connectivity index (χ0) is 11.5. The first-order valence-electron chi connectivity index (χ1n) is 5.10. The molecule has 0 radical (unpaired) electrons. The molecule has 0 bridgehead atoms. The molecule has 0 saturated heterocycles. The predicted octanol–water partition coefficient (Wildman–Crippen LogP) is -0.0804. The second kappa shape index (κ2) is 4.51. The zero-order valence-electron chi connectivity index (χ0n) is 9.04. The molecule has 2 N–H and O–H groups in total.